The highest BCUT2D eigenvalue weighted by atomic mass is 16.6. The number of cyclic esters (lactones) is 1. The number of carbonyl (C=O) groups excluding carboxylic acids is 2. The van der Waals surface area contributed by atoms with E-state index in [1.165, 1.54) is 12.2 Å². The molecule has 0 saturated heterocycles. The van der Waals surface area contributed by atoms with Gasteiger partial charge in [-0.05, 0) is 101 Å². The molecule has 0 aromatic rings. The van der Waals surface area contributed by atoms with Crippen molar-refractivity contribution in [3.05, 3.63) is 23.3 Å². The number of aliphatic hydroxyl groups is 3. The van der Waals surface area contributed by atoms with Gasteiger partial charge >= 0.3 is 5.97 Å². The zero-order valence-electron chi connectivity index (χ0n) is 20.2. The van der Waals surface area contributed by atoms with Gasteiger partial charge in [0.25, 0.3) is 0 Å². The number of hydrogen-bond donors (Lipinski definition) is 3. The largest absolute Gasteiger partial charge is 0.456 e. The molecule has 0 radical (unpaired) electrons. The van der Waals surface area contributed by atoms with Crippen LogP contribution in [0, 0.1) is 34.5 Å². The molecule has 1 heterocycles. The minimum Gasteiger partial charge on any atom is -0.456 e. The lowest BCUT2D eigenvalue weighted by Gasteiger charge is -2.62. The van der Waals surface area contributed by atoms with Crippen LogP contribution in [0.5, 0.6) is 0 Å². The minimum absolute atomic E-state index is 0.0117. The van der Waals surface area contributed by atoms with Crippen molar-refractivity contribution in [2.45, 2.75) is 96.6 Å². The second kappa shape index (κ2) is 7.50. The molecule has 0 spiro atoms. The number of allylic oxidation sites excluding steroid dienone is 1. The molecule has 5 aliphatic rings. The van der Waals surface area contributed by atoms with Crippen LogP contribution in [0.1, 0.15) is 72.6 Å². The van der Waals surface area contributed by atoms with Crippen LogP contribution in [0.25, 0.3) is 0 Å². The Balaban J connectivity index is 1.41. The number of carbonyl (C=O) groups is 2. The Kier molecular flexibility index (Phi) is 5.28. The summed E-state index contributed by atoms with van der Waals surface area (Å²) in [6.45, 7) is 7.85. The van der Waals surface area contributed by atoms with E-state index in [0.717, 1.165) is 37.7 Å². The third-order valence-corrected chi connectivity index (χ3v) is 10.9. The molecule has 1 aliphatic heterocycles. The molecule has 6 heteroatoms. The molecule has 0 unspecified atom stereocenters. The summed E-state index contributed by atoms with van der Waals surface area (Å²) in [5, 5.41) is 33.5. The number of rotatable bonds is 2. The Morgan fingerprint density at radius 3 is 2.48 bits per heavy atom. The smallest absolute Gasteiger partial charge is 0.334 e. The summed E-state index contributed by atoms with van der Waals surface area (Å²) >= 11 is 0. The summed E-state index contributed by atoms with van der Waals surface area (Å²) in [5.74, 6) is 0.256. The number of ether oxygens (including phenoxy) is 1. The van der Waals surface area contributed by atoms with Crippen molar-refractivity contribution in [3.63, 3.8) is 0 Å². The quantitative estimate of drug-likeness (QED) is 0.550. The summed E-state index contributed by atoms with van der Waals surface area (Å²) in [4.78, 5) is 25.4. The van der Waals surface area contributed by atoms with Gasteiger partial charge in [-0.25, -0.2) is 4.79 Å². The van der Waals surface area contributed by atoms with Crippen molar-refractivity contribution in [2.24, 2.45) is 34.5 Å². The molecule has 3 saturated carbocycles. The van der Waals surface area contributed by atoms with Crippen LogP contribution in [0.15, 0.2) is 23.3 Å². The van der Waals surface area contributed by atoms with Crippen molar-refractivity contribution in [3.8, 4) is 0 Å². The van der Waals surface area contributed by atoms with Gasteiger partial charge in [0.05, 0.1) is 11.5 Å². The molecular weight excluding hydrogens is 420 g/mol. The van der Waals surface area contributed by atoms with E-state index >= 15 is 0 Å². The molecule has 4 aliphatic carbocycles. The first-order chi connectivity index (χ1) is 15.4. The number of aliphatic hydroxyl groups excluding tert-OH is 2. The first-order valence-corrected chi connectivity index (χ1v) is 12.6. The van der Waals surface area contributed by atoms with Gasteiger partial charge in [0, 0.05) is 12.0 Å². The second-order valence-corrected chi connectivity index (χ2v) is 12.0. The Bertz CT molecular complexity index is 937. The third kappa shape index (κ3) is 2.96. The van der Waals surface area contributed by atoms with E-state index in [-0.39, 0.29) is 34.9 Å². The molecule has 0 aromatic heterocycles. The molecule has 33 heavy (non-hydrogen) atoms. The number of hydrogen-bond acceptors (Lipinski definition) is 6. The SMILES string of the molecule is CC1=C(C)C(=O)O[C@@H]([C@H](O)[C@H]2CC[C@H]3[C@@H]4CC[C@]5(O)[C@@H](O)C=CC(=O)[C@]5(C)[C@H]4CC[C@]23C)C1. The predicted octanol–water partition coefficient (Wildman–Crippen LogP) is 3.09. The monoisotopic (exact) mass is 458 g/mol. The molecule has 5 rings (SSSR count). The maximum atomic E-state index is 13.1. The molecule has 182 valence electrons. The maximum absolute atomic E-state index is 13.1. The van der Waals surface area contributed by atoms with Crippen LogP contribution in [-0.2, 0) is 14.3 Å². The molecular formula is C27H38O6. The lowest BCUT2D eigenvalue weighted by Crippen LogP contribution is -2.68. The van der Waals surface area contributed by atoms with Gasteiger partial charge in [0.2, 0.25) is 0 Å². The van der Waals surface area contributed by atoms with Crippen LogP contribution < -0.4 is 0 Å². The van der Waals surface area contributed by atoms with Crippen molar-refractivity contribution < 1.29 is 29.6 Å². The normalized spacial score (nSPS) is 50.4. The first-order valence-electron chi connectivity index (χ1n) is 12.6. The van der Waals surface area contributed by atoms with Crippen LogP contribution in [0.4, 0.5) is 0 Å². The lowest BCUT2D eigenvalue weighted by molar-refractivity contribution is -0.218. The fourth-order valence-corrected chi connectivity index (χ4v) is 8.68. The zero-order chi connectivity index (χ0) is 23.9. The van der Waals surface area contributed by atoms with E-state index in [2.05, 4.69) is 6.92 Å². The lowest BCUT2D eigenvalue weighted by atomic mass is 9.43. The fourth-order valence-electron chi connectivity index (χ4n) is 8.68. The van der Waals surface area contributed by atoms with Crippen molar-refractivity contribution in [1.82, 2.24) is 0 Å². The minimum atomic E-state index is -1.41. The standard InChI is InChI=1S/C27H38O6/c1-14-13-20(33-24(31)15(14)2)23(30)19-6-5-17-16-9-12-27(32)22(29)8-7-21(28)26(27,4)18(16)10-11-25(17,19)3/h7-8,16-20,22-23,29-30,32H,5-6,9-13H2,1-4H3/t16-,17-,18-,19+,20+,22-,23+,25-,26-,27-/m0/s1. The van der Waals surface area contributed by atoms with E-state index in [9.17, 15) is 24.9 Å². The highest BCUT2D eigenvalue weighted by Crippen LogP contribution is 2.67. The molecule has 0 amide bonds. The van der Waals surface area contributed by atoms with E-state index in [4.69, 9.17) is 4.74 Å². The van der Waals surface area contributed by atoms with Crippen LogP contribution in [0.3, 0.4) is 0 Å². The second-order valence-electron chi connectivity index (χ2n) is 12.0. The van der Waals surface area contributed by atoms with Crippen LogP contribution in [-0.4, -0.2) is 51.0 Å². The Morgan fingerprint density at radius 1 is 1.06 bits per heavy atom. The van der Waals surface area contributed by atoms with Gasteiger partial charge < -0.3 is 20.1 Å². The highest BCUT2D eigenvalue weighted by molar-refractivity contribution is 5.97. The summed E-state index contributed by atoms with van der Waals surface area (Å²) in [6, 6.07) is 0. The Morgan fingerprint density at radius 2 is 1.79 bits per heavy atom. The Hall–Kier alpha value is -1.50. The average Bonchev–Trinajstić information content (AvgIpc) is 3.13. The van der Waals surface area contributed by atoms with Gasteiger partial charge in [-0.1, -0.05) is 12.5 Å². The zero-order valence-corrected chi connectivity index (χ0v) is 20.2. The molecule has 0 bridgehead atoms. The van der Waals surface area contributed by atoms with Gasteiger partial charge in [-0.2, -0.15) is 0 Å². The van der Waals surface area contributed by atoms with Gasteiger partial charge in [0.15, 0.2) is 5.78 Å². The van der Waals surface area contributed by atoms with Crippen molar-refractivity contribution in [1.29, 1.82) is 0 Å². The number of esters is 1. The van der Waals surface area contributed by atoms with E-state index in [1.54, 1.807) is 6.92 Å². The summed E-state index contributed by atoms with van der Waals surface area (Å²) < 4.78 is 5.64. The molecule has 10 atom stereocenters. The summed E-state index contributed by atoms with van der Waals surface area (Å²) in [5.41, 5.74) is -0.870. The van der Waals surface area contributed by atoms with Crippen molar-refractivity contribution >= 4 is 11.8 Å². The predicted molar refractivity (Wildman–Crippen MR) is 122 cm³/mol. The molecule has 6 nitrogen and oxygen atoms in total. The summed E-state index contributed by atoms with van der Waals surface area (Å²) in [7, 11) is 0. The van der Waals surface area contributed by atoms with Gasteiger partial charge in [-0.15, -0.1) is 0 Å². The van der Waals surface area contributed by atoms with E-state index < -0.39 is 29.3 Å². The Labute approximate surface area is 196 Å². The van der Waals surface area contributed by atoms with E-state index in [1.807, 2.05) is 13.8 Å². The van der Waals surface area contributed by atoms with Gasteiger partial charge in [-0.3, -0.25) is 4.79 Å². The summed E-state index contributed by atoms with van der Waals surface area (Å²) in [6.07, 6.45) is 5.92. The average molecular weight is 459 g/mol. The first kappa shape index (κ1) is 23.3. The van der Waals surface area contributed by atoms with Crippen LogP contribution >= 0.6 is 0 Å². The third-order valence-electron chi connectivity index (χ3n) is 10.9. The fraction of sp³-hybridized carbons (Fsp3) is 0.778. The molecule has 3 fully saturated rings. The van der Waals surface area contributed by atoms with Crippen LogP contribution in [0.2, 0.25) is 0 Å². The van der Waals surface area contributed by atoms with Crippen molar-refractivity contribution in [2.75, 3.05) is 0 Å². The molecule has 0 aromatic carbocycles. The van der Waals surface area contributed by atoms with E-state index in [0.29, 0.717) is 24.3 Å². The number of ketones is 1. The van der Waals surface area contributed by atoms with Gasteiger partial charge in [0.1, 0.15) is 17.8 Å². The number of fused-ring (bicyclic) bond motifs is 5. The molecule has 3 N–H and O–H groups in total. The highest BCUT2D eigenvalue weighted by Gasteiger charge is 2.68. The maximum Gasteiger partial charge on any atom is 0.334 e. The topological polar surface area (TPSA) is 104 Å².